The highest BCUT2D eigenvalue weighted by atomic mass is 32.3. The summed E-state index contributed by atoms with van der Waals surface area (Å²) in [7, 11) is -0.519. The zero-order chi connectivity index (χ0) is 12.9. The summed E-state index contributed by atoms with van der Waals surface area (Å²) < 4.78 is 0. The van der Waals surface area contributed by atoms with Gasteiger partial charge < -0.3 is 5.73 Å². The van der Waals surface area contributed by atoms with Gasteiger partial charge in [-0.3, -0.25) is 4.90 Å². The standard InChI is InChI=1S/C14H26N2S/c1-13(15)10-16(12-17(2,3)4)11-14-8-6-5-7-9-14/h5-9,13H,10-12,15H2,1-4H3. The maximum atomic E-state index is 5.93. The number of benzene rings is 1. The SMILES string of the molecule is CC(N)CN(Cc1ccccc1)CS(C)(C)C. The molecule has 0 spiro atoms. The lowest BCUT2D eigenvalue weighted by atomic mass is 10.2. The summed E-state index contributed by atoms with van der Waals surface area (Å²) in [5.41, 5.74) is 7.31. The summed E-state index contributed by atoms with van der Waals surface area (Å²) in [5, 5.41) is 0. The van der Waals surface area contributed by atoms with Gasteiger partial charge in [-0.05, 0) is 31.3 Å². The molecule has 3 heteroatoms. The van der Waals surface area contributed by atoms with Gasteiger partial charge in [0.2, 0.25) is 0 Å². The van der Waals surface area contributed by atoms with Gasteiger partial charge >= 0.3 is 0 Å². The maximum Gasteiger partial charge on any atom is 0.0287 e. The van der Waals surface area contributed by atoms with Crippen molar-refractivity contribution in [3.05, 3.63) is 35.9 Å². The molecule has 0 bridgehead atoms. The molecule has 0 aromatic heterocycles. The van der Waals surface area contributed by atoms with Gasteiger partial charge in [-0.1, -0.05) is 30.3 Å². The van der Waals surface area contributed by atoms with Gasteiger partial charge in [-0.25, -0.2) is 10.0 Å². The predicted octanol–water partition coefficient (Wildman–Crippen LogP) is 2.49. The Hall–Kier alpha value is -0.510. The highest BCUT2D eigenvalue weighted by Gasteiger charge is 2.14. The van der Waals surface area contributed by atoms with Crippen LogP contribution in [0.3, 0.4) is 0 Å². The summed E-state index contributed by atoms with van der Waals surface area (Å²) in [6.07, 6.45) is 7.06. The summed E-state index contributed by atoms with van der Waals surface area (Å²) in [6.45, 7) is 4.06. The number of hydrogen-bond acceptors (Lipinski definition) is 2. The minimum atomic E-state index is -0.519. The zero-order valence-corrected chi connectivity index (χ0v) is 12.3. The van der Waals surface area contributed by atoms with Gasteiger partial charge in [0.05, 0.1) is 0 Å². The molecule has 2 nitrogen and oxygen atoms in total. The minimum Gasteiger partial charge on any atom is -0.327 e. The molecule has 17 heavy (non-hydrogen) atoms. The summed E-state index contributed by atoms with van der Waals surface area (Å²) in [4.78, 5) is 2.48. The first-order valence-corrected chi connectivity index (χ1v) is 9.07. The van der Waals surface area contributed by atoms with E-state index in [9.17, 15) is 0 Å². The van der Waals surface area contributed by atoms with E-state index < -0.39 is 10.0 Å². The summed E-state index contributed by atoms with van der Waals surface area (Å²) >= 11 is 0. The Balaban J connectivity index is 2.64. The molecule has 0 radical (unpaired) electrons. The van der Waals surface area contributed by atoms with Crippen molar-refractivity contribution in [1.82, 2.24) is 4.90 Å². The number of nitrogens with zero attached hydrogens (tertiary/aromatic N) is 1. The lowest BCUT2D eigenvalue weighted by Gasteiger charge is -2.34. The van der Waals surface area contributed by atoms with E-state index in [1.165, 1.54) is 5.56 Å². The van der Waals surface area contributed by atoms with Crippen LogP contribution >= 0.6 is 10.0 Å². The fraction of sp³-hybridized carbons (Fsp3) is 0.571. The Morgan fingerprint density at radius 3 is 2.24 bits per heavy atom. The third kappa shape index (κ3) is 6.71. The van der Waals surface area contributed by atoms with Gasteiger partial charge in [0.15, 0.2) is 0 Å². The molecule has 0 amide bonds. The zero-order valence-electron chi connectivity index (χ0n) is 11.5. The van der Waals surface area contributed by atoms with Gasteiger partial charge in [0, 0.05) is 25.0 Å². The second-order valence-electron chi connectivity index (χ2n) is 5.69. The average Bonchev–Trinajstić information content (AvgIpc) is 2.15. The normalized spacial score (nSPS) is 14.9. The largest absolute Gasteiger partial charge is 0.327 e. The van der Waals surface area contributed by atoms with Crippen molar-refractivity contribution >= 4 is 10.0 Å². The van der Waals surface area contributed by atoms with Crippen molar-refractivity contribution in [2.24, 2.45) is 5.73 Å². The van der Waals surface area contributed by atoms with Crippen molar-refractivity contribution in [3.8, 4) is 0 Å². The van der Waals surface area contributed by atoms with Crippen molar-refractivity contribution in [3.63, 3.8) is 0 Å². The molecule has 1 aromatic carbocycles. The molecule has 1 unspecified atom stereocenters. The van der Waals surface area contributed by atoms with Crippen LogP contribution in [0.15, 0.2) is 30.3 Å². The highest BCUT2D eigenvalue weighted by Crippen LogP contribution is 2.35. The molecule has 0 saturated carbocycles. The molecule has 0 heterocycles. The van der Waals surface area contributed by atoms with Crippen molar-refractivity contribution in [2.45, 2.75) is 19.5 Å². The summed E-state index contributed by atoms with van der Waals surface area (Å²) in [5.74, 6) is 1.16. The Morgan fingerprint density at radius 2 is 1.76 bits per heavy atom. The van der Waals surface area contributed by atoms with Crippen molar-refractivity contribution in [1.29, 1.82) is 0 Å². The second-order valence-corrected chi connectivity index (χ2v) is 10.1. The molecule has 0 saturated heterocycles. The smallest absolute Gasteiger partial charge is 0.0287 e. The third-order valence-electron chi connectivity index (χ3n) is 2.37. The van der Waals surface area contributed by atoms with E-state index in [2.05, 4.69) is 60.9 Å². The molecule has 98 valence electrons. The lowest BCUT2D eigenvalue weighted by Crippen LogP contribution is -2.37. The van der Waals surface area contributed by atoms with Gasteiger partial charge in [-0.2, -0.15) is 0 Å². The van der Waals surface area contributed by atoms with Gasteiger partial charge in [0.25, 0.3) is 0 Å². The van der Waals surface area contributed by atoms with E-state index in [-0.39, 0.29) is 6.04 Å². The lowest BCUT2D eigenvalue weighted by molar-refractivity contribution is 0.296. The molecular weight excluding hydrogens is 228 g/mol. The first-order chi connectivity index (χ1) is 7.87. The Kier molecular flexibility index (Phi) is 5.50. The predicted molar refractivity (Wildman–Crippen MR) is 80.7 cm³/mol. The first-order valence-electron chi connectivity index (χ1n) is 6.05. The van der Waals surface area contributed by atoms with Crippen LogP contribution in [0.5, 0.6) is 0 Å². The van der Waals surface area contributed by atoms with Crippen LogP contribution in [0, 0.1) is 0 Å². The van der Waals surface area contributed by atoms with Crippen LogP contribution in [0.1, 0.15) is 12.5 Å². The van der Waals surface area contributed by atoms with Crippen LogP contribution in [0.4, 0.5) is 0 Å². The maximum absolute atomic E-state index is 5.93. The van der Waals surface area contributed by atoms with E-state index in [1.54, 1.807) is 0 Å². The van der Waals surface area contributed by atoms with E-state index >= 15 is 0 Å². The Bertz CT molecular complexity index is 317. The van der Waals surface area contributed by atoms with E-state index in [0.717, 1.165) is 19.0 Å². The van der Waals surface area contributed by atoms with Gasteiger partial charge in [0.1, 0.15) is 0 Å². The molecule has 0 fully saturated rings. The average molecular weight is 254 g/mol. The molecule has 0 aliphatic heterocycles. The summed E-state index contributed by atoms with van der Waals surface area (Å²) in [6, 6.07) is 10.9. The number of nitrogens with two attached hydrogens (primary N) is 1. The minimum absolute atomic E-state index is 0.237. The molecule has 1 aromatic rings. The fourth-order valence-corrected chi connectivity index (χ4v) is 3.25. The quantitative estimate of drug-likeness (QED) is 0.845. The molecule has 0 aliphatic carbocycles. The molecule has 1 atom stereocenters. The van der Waals surface area contributed by atoms with Crippen LogP contribution in [0.25, 0.3) is 0 Å². The monoisotopic (exact) mass is 254 g/mol. The van der Waals surface area contributed by atoms with Crippen LogP contribution < -0.4 is 5.73 Å². The molecule has 2 N–H and O–H groups in total. The van der Waals surface area contributed by atoms with Crippen LogP contribution in [0.2, 0.25) is 0 Å². The van der Waals surface area contributed by atoms with E-state index in [4.69, 9.17) is 5.73 Å². The third-order valence-corrected chi connectivity index (χ3v) is 3.50. The fourth-order valence-electron chi connectivity index (χ4n) is 1.96. The van der Waals surface area contributed by atoms with E-state index in [1.807, 2.05) is 0 Å². The first kappa shape index (κ1) is 14.6. The molecular formula is C14H26N2S. The van der Waals surface area contributed by atoms with Crippen LogP contribution in [-0.2, 0) is 6.54 Å². The number of hydrogen-bond donors (Lipinski definition) is 1. The second kappa shape index (κ2) is 6.43. The van der Waals surface area contributed by atoms with Gasteiger partial charge in [-0.15, -0.1) is 0 Å². The number of rotatable bonds is 6. The van der Waals surface area contributed by atoms with Crippen molar-refractivity contribution in [2.75, 3.05) is 31.2 Å². The van der Waals surface area contributed by atoms with Crippen molar-refractivity contribution < 1.29 is 0 Å². The van der Waals surface area contributed by atoms with Crippen LogP contribution in [-0.4, -0.2) is 42.1 Å². The molecule has 0 aliphatic rings. The Labute approximate surface area is 108 Å². The molecule has 1 rings (SSSR count). The van der Waals surface area contributed by atoms with E-state index in [0.29, 0.717) is 0 Å². The highest BCUT2D eigenvalue weighted by molar-refractivity contribution is 8.32. The Morgan fingerprint density at radius 1 is 1.18 bits per heavy atom. The topological polar surface area (TPSA) is 29.3 Å².